The summed E-state index contributed by atoms with van der Waals surface area (Å²) in [5, 5.41) is 3.01. The molecule has 0 saturated heterocycles. The molecule has 0 bridgehead atoms. The summed E-state index contributed by atoms with van der Waals surface area (Å²) in [4.78, 5) is 10.5. The Morgan fingerprint density at radius 2 is 2.08 bits per heavy atom. The van der Waals surface area contributed by atoms with Crippen LogP contribution in [0.2, 0.25) is 0 Å². The molecule has 0 heterocycles. The Labute approximate surface area is 79.0 Å². The standard InChI is InChI=1S/C11H15NO/c1-3-5-10-8-9(4-2)6-7-11(10)12-13/h6-8H,3-5H2,1-2H3. The molecule has 70 valence electrons. The first-order valence-electron chi connectivity index (χ1n) is 4.77. The second kappa shape index (κ2) is 4.75. The summed E-state index contributed by atoms with van der Waals surface area (Å²) >= 11 is 0. The molecule has 0 spiro atoms. The molecule has 0 aliphatic heterocycles. The summed E-state index contributed by atoms with van der Waals surface area (Å²) in [6.07, 6.45) is 3.00. The fraction of sp³-hybridized carbons (Fsp3) is 0.455. The van der Waals surface area contributed by atoms with E-state index in [0.717, 1.165) is 24.8 Å². The van der Waals surface area contributed by atoms with Gasteiger partial charge in [-0.05, 0) is 35.2 Å². The van der Waals surface area contributed by atoms with Crippen LogP contribution in [-0.2, 0) is 12.8 Å². The maximum atomic E-state index is 10.5. The van der Waals surface area contributed by atoms with Crippen molar-refractivity contribution in [2.24, 2.45) is 5.18 Å². The highest BCUT2D eigenvalue weighted by atomic mass is 16.3. The molecule has 0 unspecified atom stereocenters. The van der Waals surface area contributed by atoms with Crippen LogP contribution in [0.15, 0.2) is 23.4 Å². The second-order valence-electron chi connectivity index (χ2n) is 3.16. The van der Waals surface area contributed by atoms with Crippen molar-refractivity contribution < 1.29 is 0 Å². The van der Waals surface area contributed by atoms with Crippen LogP contribution in [0, 0.1) is 4.91 Å². The Bertz CT molecular complexity index is 294. The molecule has 0 N–H and O–H groups in total. The molecule has 0 atom stereocenters. The van der Waals surface area contributed by atoms with Gasteiger partial charge in [0.2, 0.25) is 0 Å². The first-order chi connectivity index (χ1) is 6.31. The normalized spacial score (nSPS) is 10.0. The van der Waals surface area contributed by atoms with E-state index in [2.05, 4.69) is 25.1 Å². The predicted octanol–water partition coefficient (Wildman–Crippen LogP) is 3.60. The topological polar surface area (TPSA) is 29.4 Å². The third-order valence-electron chi connectivity index (χ3n) is 2.17. The summed E-state index contributed by atoms with van der Waals surface area (Å²) in [6, 6.07) is 5.87. The minimum atomic E-state index is 0.596. The summed E-state index contributed by atoms with van der Waals surface area (Å²) in [7, 11) is 0. The molecule has 13 heavy (non-hydrogen) atoms. The first kappa shape index (κ1) is 9.90. The number of hydrogen-bond donors (Lipinski definition) is 0. The van der Waals surface area contributed by atoms with Crippen molar-refractivity contribution in [2.75, 3.05) is 0 Å². The van der Waals surface area contributed by atoms with Gasteiger partial charge < -0.3 is 0 Å². The summed E-state index contributed by atoms with van der Waals surface area (Å²) in [6.45, 7) is 4.21. The lowest BCUT2D eigenvalue weighted by atomic mass is 10.0. The van der Waals surface area contributed by atoms with Gasteiger partial charge in [0.1, 0.15) is 5.69 Å². The van der Waals surface area contributed by atoms with Gasteiger partial charge in [0.05, 0.1) is 0 Å². The summed E-state index contributed by atoms with van der Waals surface area (Å²) in [5.41, 5.74) is 2.95. The van der Waals surface area contributed by atoms with E-state index >= 15 is 0 Å². The van der Waals surface area contributed by atoms with Crippen LogP contribution in [0.5, 0.6) is 0 Å². The Morgan fingerprint density at radius 1 is 1.31 bits per heavy atom. The third kappa shape index (κ3) is 2.38. The van der Waals surface area contributed by atoms with Crippen LogP contribution >= 0.6 is 0 Å². The van der Waals surface area contributed by atoms with Crippen molar-refractivity contribution in [3.05, 3.63) is 34.2 Å². The predicted molar refractivity (Wildman–Crippen MR) is 55.3 cm³/mol. The molecule has 2 heteroatoms. The van der Waals surface area contributed by atoms with Gasteiger partial charge in [0.25, 0.3) is 0 Å². The summed E-state index contributed by atoms with van der Waals surface area (Å²) in [5.74, 6) is 0. The Balaban J connectivity index is 3.02. The number of nitroso groups, excluding NO2 is 1. The van der Waals surface area contributed by atoms with Crippen molar-refractivity contribution in [3.63, 3.8) is 0 Å². The number of rotatable bonds is 4. The van der Waals surface area contributed by atoms with Gasteiger partial charge in [-0.2, -0.15) is 0 Å². The van der Waals surface area contributed by atoms with E-state index in [1.54, 1.807) is 0 Å². The Kier molecular flexibility index (Phi) is 3.62. The highest BCUT2D eigenvalue weighted by Crippen LogP contribution is 2.22. The van der Waals surface area contributed by atoms with Crippen molar-refractivity contribution >= 4 is 5.69 Å². The number of aryl methyl sites for hydroxylation is 2. The molecule has 0 aliphatic carbocycles. The van der Waals surface area contributed by atoms with Crippen molar-refractivity contribution in [1.82, 2.24) is 0 Å². The van der Waals surface area contributed by atoms with Crippen LogP contribution < -0.4 is 0 Å². The molecular weight excluding hydrogens is 162 g/mol. The monoisotopic (exact) mass is 177 g/mol. The molecule has 2 nitrogen and oxygen atoms in total. The Morgan fingerprint density at radius 3 is 2.62 bits per heavy atom. The maximum Gasteiger partial charge on any atom is 0.111 e. The Hall–Kier alpha value is -1.18. The van der Waals surface area contributed by atoms with E-state index in [1.807, 2.05) is 12.1 Å². The second-order valence-corrected chi connectivity index (χ2v) is 3.16. The minimum Gasteiger partial charge on any atom is -0.145 e. The SMILES string of the molecule is CCCc1cc(CC)ccc1N=O. The maximum absolute atomic E-state index is 10.5. The quantitative estimate of drug-likeness (QED) is 0.646. The lowest BCUT2D eigenvalue weighted by Gasteiger charge is -2.04. The van der Waals surface area contributed by atoms with E-state index in [9.17, 15) is 4.91 Å². The third-order valence-corrected chi connectivity index (χ3v) is 2.17. The average molecular weight is 177 g/mol. The number of hydrogen-bond acceptors (Lipinski definition) is 2. The average Bonchev–Trinajstić information content (AvgIpc) is 2.18. The zero-order valence-electron chi connectivity index (χ0n) is 8.21. The number of benzene rings is 1. The first-order valence-corrected chi connectivity index (χ1v) is 4.77. The van der Waals surface area contributed by atoms with E-state index in [0.29, 0.717) is 5.69 Å². The van der Waals surface area contributed by atoms with Crippen LogP contribution in [0.1, 0.15) is 31.4 Å². The molecule has 1 aromatic rings. The van der Waals surface area contributed by atoms with Crippen LogP contribution in [0.3, 0.4) is 0 Å². The fourth-order valence-corrected chi connectivity index (χ4v) is 1.42. The van der Waals surface area contributed by atoms with E-state index < -0.39 is 0 Å². The number of nitrogens with zero attached hydrogens (tertiary/aromatic N) is 1. The smallest absolute Gasteiger partial charge is 0.111 e. The van der Waals surface area contributed by atoms with Crippen LogP contribution in [-0.4, -0.2) is 0 Å². The van der Waals surface area contributed by atoms with Gasteiger partial charge in [0, 0.05) is 0 Å². The molecule has 0 fully saturated rings. The van der Waals surface area contributed by atoms with Crippen molar-refractivity contribution in [3.8, 4) is 0 Å². The van der Waals surface area contributed by atoms with E-state index in [-0.39, 0.29) is 0 Å². The molecule has 1 rings (SSSR count). The van der Waals surface area contributed by atoms with Crippen LogP contribution in [0.25, 0.3) is 0 Å². The highest BCUT2D eigenvalue weighted by Gasteiger charge is 2.02. The van der Waals surface area contributed by atoms with Crippen LogP contribution in [0.4, 0.5) is 5.69 Å². The van der Waals surface area contributed by atoms with Crippen molar-refractivity contribution in [1.29, 1.82) is 0 Å². The summed E-state index contributed by atoms with van der Waals surface area (Å²) < 4.78 is 0. The molecule has 0 radical (unpaired) electrons. The van der Waals surface area contributed by atoms with Gasteiger partial charge in [0.15, 0.2) is 0 Å². The lowest BCUT2D eigenvalue weighted by molar-refractivity contribution is 0.916. The minimum absolute atomic E-state index is 0.596. The fourth-order valence-electron chi connectivity index (χ4n) is 1.42. The molecule has 0 aromatic heterocycles. The van der Waals surface area contributed by atoms with E-state index in [4.69, 9.17) is 0 Å². The van der Waals surface area contributed by atoms with Crippen molar-refractivity contribution in [2.45, 2.75) is 33.1 Å². The molecule has 0 saturated carbocycles. The van der Waals surface area contributed by atoms with Gasteiger partial charge in [-0.3, -0.25) is 0 Å². The molecule has 0 amide bonds. The van der Waals surface area contributed by atoms with E-state index in [1.165, 1.54) is 5.56 Å². The lowest BCUT2D eigenvalue weighted by Crippen LogP contribution is -1.87. The zero-order valence-corrected chi connectivity index (χ0v) is 8.21. The van der Waals surface area contributed by atoms with Gasteiger partial charge in [-0.1, -0.05) is 32.4 Å². The molecule has 0 aliphatic rings. The largest absolute Gasteiger partial charge is 0.145 e. The molecule has 1 aromatic carbocycles. The zero-order chi connectivity index (χ0) is 9.68. The van der Waals surface area contributed by atoms with Gasteiger partial charge in [-0.25, -0.2) is 0 Å². The van der Waals surface area contributed by atoms with Gasteiger partial charge in [-0.15, -0.1) is 4.91 Å². The molecular formula is C11H15NO. The van der Waals surface area contributed by atoms with Gasteiger partial charge >= 0.3 is 0 Å². The highest BCUT2D eigenvalue weighted by molar-refractivity contribution is 5.47.